The number of methoxy groups -OCH3 is 1. The van der Waals surface area contributed by atoms with E-state index in [1.54, 1.807) is 48.4 Å². The van der Waals surface area contributed by atoms with Crippen molar-refractivity contribution in [2.24, 2.45) is 0 Å². The van der Waals surface area contributed by atoms with Crippen LogP contribution in [-0.2, 0) is 16.8 Å². The molecule has 5 rings (SSSR count). The number of hydrogen-bond donors (Lipinski definition) is 1. The lowest BCUT2D eigenvalue weighted by Gasteiger charge is -2.49. The average Bonchev–Trinajstić information content (AvgIpc) is 2.90. The minimum absolute atomic E-state index is 0.102. The van der Waals surface area contributed by atoms with Gasteiger partial charge in [-0.15, -0.1) is 0 Å². The van der Waals surface area contributed by atoms with Crippen LogP contribution in [0.25, 0.3) is 0 Å². The van der Waals surface area contributed by atoms with Gasteiger partial charge in [0.1, 0.15) is 5.60 Å². The Hall–Kier alpha value is -3.27. The van der Waals surface area contributed by atoms with Gasteiger partial charge in [-0.25, -0.2) is 0 Å². The standard InChI is InChI=1S/C32H34ClF3N2O4/c1-19(2)42-27-17-25-21(15-26(27)41-4)16-29(39)38(30(25)20-5-9-23(33)10-6-20)24-11-7-22(8-12-24)31(3,40)28-13-14-37(28)18-32(34,35)36/h5-12,15,17,19,28,30,40H,13-14,16,18H2,1-4H3/t28?,30-,31?/m0/s1. The summed E-state index contributed by atoms with van der Waals surface area (Å²) in [7, 11) is 1.56. The van der Waals surface area contributed by atoms with Crippen molar-refractivity contribution in [1.82, 2.24) is 4.90 Å². The Morgan fingerprint density at radius 3 is 2.26 bits per heavy atom. The van der Waals surface area contributed by atoms with Crippen molar-refractivity contribution in [3.63, 3.8) is 0 Å². The Morgan fingerprint density at radius 1 is 1.05 bits per heavy atom. The molecule has 10 heteroatoms. The van der Waals surface area contributed by atoms with E-state index in [1.807, 2.05) is 38.1 Å². The zero-order valence-electron chi connectivity index (χ0n) is 23.9. The Balaban J connectivity index is 1.53. The van der Waals surface area contributed by atoms with Crippen LogP contribution < -0.4 is 14.4 Å². The number of nitrogens with zero attached hydrogens (tertiary/aromatic N) is 2. The normalized spacial score (nSPS) is 20.6. The number of carbonyl (C=O) groups is 1. The molecule has 2 unspecified atom stereocenters. The van der Waals surface area contributed by atoms with E-state index in [2.05, 4.69) is 0 Å². The Bertz CT molecular complexity index is 1440. The average molecular weight is 603 g/mol. The molecule has 3 aromatic carbocycles. The van der Waals surface area contributed by atoms with Crippen molar-refractivity contribution in [3.8, 4) is 11.5 Å². The van der Waals surface area contributed by atoms with Gasteiger partial charge in [0.2, 0.25) is 5.91 Å². The summed E-state index contributed by atoms with van der Waals surface area (Å²) in [5, 5.41) is 11.9. The molecular formula is C32H34ClF3N2O4. The maximum absolute atomic E-state index is 13.8. The summed E-state index contributed by atoms with van der Waals surface area (Å²) in [6, 6.07) is 16.7. The van der Waals surface area contributed by atoms with E-state index in [0.29, 0.717) is 34.2 Å². The van der Waals surface area contributed by atoms with Crippen LogP contribution in [0.2, 0.25) is 5.02 Å². The predicted molar refractivity (Wildman–Crippen MR) is 155 cm³/mol. The van der Waals surface area contributed by atoms with E-state index in [1.165, 1.54) is 11.8 Å². The number of likely N-dealkylation sites (tertiary alicyclic amines) is 1. The van der Waals surface area contributed by atoms with E-state index >= 15 is 0 Å². The molecule has 2 aliphatic heterocycles. The van der Waals surface area contributed by atoms with Crippen LogP contribution >= 0.6 is 11.6 Å². The van der Waals surface area contributed by atoms with Gasteiger partial charge in [-0.3, -0.25) is 9.69 Å². The number of carbonyl (C=O) groups excluding carboxylic acids is 1. The number of fused-ring (bicyclic) bond motifs is 1. The summed E-state index contributed by atoms with van der Waals surface area (Å²) < 4.78 is 50.7. The van der Waals surface area contributed by atoms with Crippen LogP contribution in [0.15, 0.2) is 60.7 Å². The third-order valence-corrected chi connectivity index (χ3v) is 8.28. The molecule has 1 fully saturated rings. The number of amides is 1. The molecule has 0 radical (unpaired) electrons. The highest BCUT2D eigenvalue weighted by Crippen LogP contribution is 2.44. The van der Waals surface area contributed by atoms with Crippen LogP contribution in [-0.4, -0.2) is 54.4 Å². The molecule has 3 aromatic rings. The van der Waals surface area contributed by atoms with Crippen molar-refractivity contribution in [2.45, 2.75) is 63.6 Å². The highest BCUT2D eigenvalue weighted by Gasteiger charge is 2.47. The lowest BCUT2D eigenvalue weighted by molar-refractivity contribution is -0.182. The fourth-order valence-corrected chi connectivity index (χ4v) is 6.10. The highest BCUT2D eigenvalue weighted by atomic mass is 35.5. The van der Waals surface area contributed by atoms with Crippen LogP contribution in [0.1, 0.15) is 55.5 Å². The molecule has 42 heavy (non-hydrogen) atoms. The smallest absolute Gasteiger partial charge is 0.401 e. The SMILES string of the molecule is COc1cc2c(cc1OC(C)C)[C@H](c1ccc(Cl)cc1)N(c1ccc(C(C)(O)C3CCN3CC(F)(F)F)cc1)C(=O)C2. The van der Waals surface area contributed by atoms with Gasteiger partial charge in [0.15, 0.2) is 11.5 Å². The summed E-state index contributed by atoms with van der Waals surface area (Å²) in [5.41, 5.74) is 2.10. The zero-order chi connectivity index (χ0) is 30.4. The van der Waals surface area contributed by atoms with Gasteiger partial charge in [0, 0.05) is 23.3 Å². The lowest BCUT2D eigenvalue weighted by Crippen LogP contribution is -2.60. The van der Waals surface area contributed by atoms with Gasteiger partial charge in [-0.2, -0.15) is 13.2 Å². The molecular weight excluding hydrogens is 569 g/mol. The van der Waals surface area contributed by atoms with Crippen molar-refractivity contribution < 1.29 is 32.5 Å². The van der Waals surface area contributed by atoms with E-state index < -0.39 is 30.4 Å². The zero-order valence-corrected chi connectivity index (χ0v) is 24.7. The first-order valence-corrected chi connectivity index (χ1v) is 14.2. The minimum atomic E-state index is -4.34. The van der Waals surface area contributed by atoms with Crippen molar-refractivity contribution in [2.75, 3.05) is 25.1 Å². The first kappa shape index (κ1) is 30.2. The van der Waals surface area contributed by atoms with Crippen LogP contribution in [0, 0.1) is 0 Å². The maximum atomic E-state index is 13.8. The van der Waals surface area contributed by atoms with Crippen molar-refractivity contribution in [1.29, 1.82) is 0 Å². The monoisotopic (exact) mass is 602 g/mol. The van der Waals surface area contributed by atoms with Gasteiger partial charge in [0.25, 0.3) is 0 Å². The minimum Gasteiger partial charge on any atom is -0.493 e. The molecule has 0 bridgehead atoms. The summed E-state index contributed by atoms with van der Waals surface area (Å²) in [6.45, 7) is 4.60. The Labute approximate surface area is 248 Å². The molecule has 3 atom stereocenters. The number of benzene rings is 3. The second kappa shape index (κ2) is 11.4. The van der Waals surface area contributed by atoms with Crippen LogP contribution in [0.3, 0.4) is 0 Å². The molecule has 6 nitrogen and oxygen atoms in total. The third-order valence-electron chi connectivity index (χ3n) is 8.03. The Kier molecular flexibility index (Phi) is 8.22. The number of aliphatic hydroxyl groups is 1. The summed E-state index contributed by atoms with van der Waals surface area (Å²) in [4.78, 5) is 16.7. The molecule has 0 aliphatic carbocycles. The summed E-state index contributed by atoms with van der Waals surface area (Å²) >= 11 is 6.20. The number of anilines is 1. The summed E-state index contributed by atoms with van der Waals surface area (Å²) in [5.74, 6) is 0.965. The molecule has 224 valence electrons. The molecule has 1 saturated heterocycles. The number of alkyl halides is 3. The maximum Gasteiger partial charge on any atom is 0.401 e. The number of rotatable bonds is 8. The van der Waals surface area contributed by atoms with Gasteiger partial charge < -0.3 is 19.5 Å². The second-order valence-electron chi connectivity index (χ2n) is 11.3. The molecule has 0 spiro atoms. The molecule has 2 heterocycles. The predicted octanol–water partition coefficient (Wildman–Crippen LogP) is 6.66. The van der Waals surface area contributed by atoms with Crippen LogP contribution in [0.5, 0.6) is 11.5 Å². The van der Waals surface area contributed by atoms with E-state index in [-0.39, 0.29) is 25.0 Å². The molecule has 1 N–H and O–H groups in total. The number of ether oxygens (including phenoxy) is 2. The van der Waals surface area contributed by atoms with Crippen molar-refractivity contribution in [3.05, 3.63) is 87.9 Å². The molecule has 0 saturated carbocycles. The van der Waals surface area contributed by atoms with Crippen molar-refractivity contribution >= 4 is 23.2 Å². The fourth-order valence-electron chi connectivity index (χ4n) is 5.98. The lowest BCUT2D eigenvalue weighted by atomic mass is 9.81. The molecule has 2 aliphatic rings. The Morgan fingerprint density at radius 2 is 1.71 bits per heavy atom. The third kappa shape index (κ3) is 5.96. The fraction of sp³-hybridized carbons (Fsp3) is 0.406. The van der Waals surface area contributed by atoms with E-state index in [4.69, 9.17) is 21.1 Å². The van der Waals surface area contributed by atoms with E-state index in [0.717, 1.165) is 16.7 Å². The number of halogens is 4. The molecule has 0 aromatic heterocycles. The second-order valence-corrected chi connectivity index (χ2v) is 11.8. The topological polar surface area (TPSA) is 62.2 Å². The first-order chi connectivity index (χ1) is 19.8. The highest BCUT2D eigenvalue weighted by molar-refractivity contribution is 6.30. The summed E-state index contributed by atoms with van der Waals surface area (Å²) in [6.07, 6.45) is -3.86. The van der Waals surface area contributed by atoms with Gasteiger partial charge in [-0.05, 0) is 85.8 Å². The largest absolute Gasteiger partial charge is 0.493 e. The number of hydrogen-bond acceptors (Lipinski definition) is 5. The quantitative estimate of drug-likeness (QED) is 0.312. The van der Waals surface area contributed by atoms with Gasteiger partial charge in [-0.1, -0.05) is 35.9 Å². The van der Waals surface area contributed by atoms with Gasteiger partial charge in [0.05, 0.1) is 32.2 Å². The van der Waals surface area contributed by atoms with E-state index in [9.17, 15) is 23.1 Å². The molecule has 1 amide bonds. The van der Waals surface area contributed by atoms with Gasteiger partial charge >= 0.3 is 6.18 Å². The van der Waals surface area contributed by atoms with Crippen LogP contribution in [0.4, 0.5) is 18.9 Å². The first-order valence-electron chi connectivity index (χ1n) is 13.9.